The first-order valence-electron chi connectivity index (χ1n) is 11.0. The molecule has 1 aromatic heterocycles. The Labute approximate surface area is 190 Å². The number of nitrogens with one attached hydrogen (secondary N) is 1. The van der Waals surface area contributed by atoms with Gasteiger partial charge in [-0.15, -0.1) is 5.10 Å². The summed E-state index contributed by atoms with van der Waals surface area (Å²) in [4.78, 5) is 12.9. The van der Waals surface area contributed by atoms with Gasteiger partial charge in [-0.2, -0.15) is 10.4 Å². The Kier molecular flexibility index (Phi) is 6.45. The predicted octanol–water partition coefficient (Wildman–Crippen LogP) is 4.48. The zero-order valence-electron chi connectivity index (χ0n) is 19.9. The molecule has 1 aliphatic carbocycles. The lowest BCUT2D eigenvalue weighted by molar-refractivity contribution is -0.164. The Morgan fingerprint density at radius 3 is 2.41 bits per heavy atom. The Bertz CT molecular complexity index is 1010. The van der Waals surface area contributed by atoms with E-state index >= 15 is 0 Å². The molecule has 0 aliphatic heterocycles. The number of benzene rings is 1. The second-order valence-corrected chi connectivity index (χ2v) is 9.67. The average molecular weight is 437 g/mol. The van der Waals surface area contributed by atoms with Crippen molar-refractivity contribution in [2.75, 3.05) is 7.11 Å². The van der Waals surface area contributed by atoms with Crippen LogP contribution in [-0.2, 0) is 0 Å². The van der Waals surface area contributed by atoms with Gasteiger partial charge in [-0.25, -0.2) is 0 Å². The number of rotatable bonds is 7. The van der Waals surface area contributed by atoms with Gasteiger partial charge >= 0.3 is 0 Å². The van der Waals surface area contributed by atoms with Crippen LogP contribution in [0.2, 0.25) is 0 Å². The Balaban J connectivity index is 1.74. The van der Waals surface area contributed by atoms with Gasteiger partial charge in [0.25, 0.3) is 5.91 Å². The lowest BCUT2D eigenvalue weighted by Crippen LogP contribution is -2.74. The van der Waals surface area contributed by atoms with Crippen molar-refractivity contribution in [1.29, 1.82) is 5.26 Å². The molecule has 0 spiro atoms. The van der Waals surface area contributed by atoms with Gasteiger partial charge in [-0.3, -0.25) is 4.79 Å². The third-order valence-corrected chi connectivity index (χ3v) is 6.70. The van der Waals surface area contributed by atoms with E-state index in [9.17, 15) is 10.1 Å². The summed E-state index contributed by atoms with van der Waals surface area (Å²) in [6, 6.07) is 10.8. The number of nitriles is 1. The van der Waals surface area contributed by atoms with E-state index in [4.69, 9.17) is 9.47 Å². The second-order valence-electron chi connectivity index (χ2n) is 9.67. The standard InChI is InChI=1S/C25H32N4O3/c1-8-15(2)18-11-12-19(29-28-18)21(30)27-22-24(3,4)23(25(22,5)6)32-17-10-9-16(14-26)20(13-17)31-7/h9-13,15,22-23H,8H2,1-7H3,(H,27,30). The lowest BCUT2D eigenvalue weighted by atomic mass is 9.49. The molecular weight excluding hydrogens is 404 g/mol. The van der Waals surface area contributed by atoms with Crippen LogP contribution < -0.4 is 14.8 Å². The van der Waals surface area contributed by atoms with Crippen LogP contribution in [0.15, 0.2) is 30.3 Å². The molecule has 2 aromatic rings. The summed E-state index contributed by atoms with van der Waals surface area (Å²) in [5.41, 5.74) is 0.997. The van der Waals surface area contributed by atoms with Crippen LogP contribution in [-0.4, -0.2) is 35.4 Å². The van der Waals surface area contributed by atoms with Crippen molar-refractivity contribution >= 4 is 5.91 Å². The first-order chi connectivity index (χ1) is 15.1. The highest BCUT2D eigenvalue weighted by atomic mass is 16.5. The van der Waals surface area contributed by atoms with Crippen molar-refractivity contribution in [1.82, 2.24) is 15.5 Å². The molecule has 32 heavy (non-hydrogen) atoms. The van der Waals surface area contributed by atoms with E-state index in [0.29, 0.717) is 28.7 Å². The van der Waals surface area contributed by atoms with Crippen LogP contribution in [0.1, 0.15) is 75.6 Å². The van der Waals surface area contributed by atoms with Gasteiger partial charge in [0.2, 0.25) is 0 Å². The zero-order chi connectivity index (χ0) is 23.7. The first-order valence-corrected chi connectivity index (χ1v) is 11.0. The summed E-state index contributed by atoms with van der Waals surface area (Å²) in [5.74, 6) is 1.17. The number of nitrogens with zero attached hydrogens (tertiary/aromatic N) is 3. The van der Waals surface area contributed by atoms with Crippen LogP contribution in [0, 0.1) is 22.2 Å². The maximum atomic E-state index is 12.9. The third kappa shape index (κ3) is 4.14. The fourth-order valence-corrected chi connectivity index (χ4v) is 4.91. The molecule has 0 saturated heterocycles. The lowest BCUT2D eigenvalue weighted by Gasteiger charge is -2.63. The van der Waals surface area contributed by atoms with Crippen LogP contribution in [0.4, 0.5) is 0 Å². The van der Waals surface area contributed by atoms with Gasteiger partial charge in [0.05, 0.1) is 18.4 Å². The minimum absolute atomic E-state index is 0.121. The van der Waals surface area contributed by atoms with Crippen molar-refractivity contribution in [3.8, 4) is 17.6 Å². The SMILES string of the molecule is CCC(C)c1ccc(C(=O)NC2C(C)(C)C(Oc3ccc(C#N)c(OC)c3)C2(C)C)nn1. The summed E-state index contributed by atoms with van der Waals surface area (Å²) < 4.78 is 11.6. The molecule has 1 amide bonds. The molecule has 1 heterocycles. The molecular formula is C25H32N4O3. The monoisotopic (exact) mass is 436 g/mol. The van der Waals surface area contributed by atoms with Crippen molar-refractivity contribution in [2.45, 2.75) is 66.0 Å². The van der Waals surface area contributed by atoms with E-state index in [1.807, 2.05) is 6.07 Å². The second kappa shape index (κ2) is 8.78. The largest absolute Gasteiger partial charge is 0.495 e. The molecule has 1 unspecified atom stereocenters. The first kappa shape index (κ1) is 23.5. The van der Waals surface area contributed by atoms with Crippen LogP contribution in [0.3, 0.4) is 0 Å². The maximum Gasteiger partial charge on any atom is 0.272 e. The highest BCUT2D eigenvalue weighted by Gasteiger charge is 2.64. The molecule has 0 bridgehead atoms. The summed E-state index contributed by atoms with van der Waals surface area (Å²) in [7, 11) is 1.53. The Morgan fingerprint density at radius 2 is 1.88 bits per heavy atom. The number of hydrogen-bond donors (Lipinski definition) is 1. The molecule has 170 valence electrons. The summed E-state index contributed by atoms with van der Waals surface area (Å²) in [6.45, 7) is 12.5. The van der Waals surface area contributed by atoms with Crippen LogP contribution in [0.5, 0.6) is 11.5 Å². The minimum Gasteiger partial charge on any atom is -0.495 e. The van der Waals surface area contributed by atoms with E-state index < -0.39 is 0 Å². The van der Waals surface area contributed by atoms with Crippen molar-refractivity contribution in [3.63, 3.8) is 0 Å². The molecule has 7 nitrogen and oxygen atoms in total. The molecule has 1 aliphatic rings. The number of amides is 1. The summed E-state index contributed by atoms with van der Waals surface area (Å²) in [5, 5.41) is 20.7. The van der Waals surface area contributed by atoms with E-state index in [2.05, 4.69) is 63.1 Å². The van der Waals surface area contributed by atoms with Gasteiger partial charge in [0.1, 0.15) is 23.7 Å². The molecule has 1 atom stereocenters. The Hall–Kier alpha value is -3.14. The number of hydrogen-bond acceptors (Lipinski definition) is 6. The van der Waals surface area contributed by atoms with E-state index in [1.165, 1.54) is 7.11 Å². The van der Waals surface area contributed by atoms with Crippen molar-refractivity contribution < 1.29 is 14.3 Å². The van der Waals surface area contributed by atoms with Crippen LogP contribution >= 0.6 is 0 Å². The average Bonchev–Trinajstić information content (AvgIpc) is 2.79. The van der Waals surface area contributed by atoms with Crippen LogP contribution in [0.25, 0.3) is 0 Å². The highest BCUT2D eigenvalue weighted by Crippen LogP contribution is 2.55. The van der Waals surface area contributed by atoms with Crippen molar-refractivity contribution in [3.05, 3.63) is 47.3 Å². The number of carbonyl (C=O) groups is 1. The minimum atomic E-state index is -0.329. The number of methoxy groups -OCH3 is 1. The van der Waals surface area contributed by atoms with Gasteiger partial charge < -0.3 is 14.8 Å². The van der Waals surface area contributed by atoms with Gasteiger partial charge in [0, 0.05) is 22.9 Å². The van der Waals surface area contributed by atoms with E-state index in [-0.39, 0.29) is 28.9 Å². The Morgan fingerprint density at radius 1 is 1.19 bits per heavy atom. The summed E-state index contributed by atoms with van der Waals surface area (Å²) >= 11 is 0. The van der Waals surface area contributed by atoms with E-state index in [1.54, 1.807) is 24.3 Å². The zero-order valence-corrected chi connectivity index (χ0v) is 19.9. The topological polar surface area (TPSA) is 97.1 Å². The maximum absolute atomic E-state index is 12.9. The quantitative estimate of drug-likeness (QED) is 0.687. The molecule has 0 radical (unpaired) electrons. The number of aromatic nitrogens is 2. The smallest absolute Gasteiger partial charge is 0.272 e. The predicted molar refractivity (Wildman–Crippen MR) is 122 cm³/mol. The normalized spacial score (nSPS) is 21.6. The highest BCUT2D eigenvalue weighted by molar-refractivity contribution is 5.92. The molecule has 7 heteroatoms. The van der Waals surface area contributed by atoms with Crippen molar-refractivity contribution in [2.24, 2.45) is 10.8 Å². The molecule has 1 saturated carbocycles. The van der Waals surface area contributed by atoms with Gasteiger partial charge in [-0.05, 0) is 36.6 Å². The number of carbonyl (C=O) groups excluding carboxylic acids is 1. The molecule has 1 N–H and O–H groups in total. The fraction of sp³-hybridized carbons (Fsp3) is 0.520. The molecule has 1 aromatic carbocycles. The molecule has 3 rings (SSSR count). The fourth-order valence-electron chi connectivity index (χ4n) is 4.91. The van der Waals surface area contributed by atoms with E-state index in [0.717, 1.165) is 12.1 Å². The third-order valence-electron chi connectivity index (χ3n) is 6.70. The van der Waals surface area contributed by atoms with Gasteiger partial charge in [-0.1, -0.05) is 41.5 Å². The van der Waals surface area contributed by atoms with Gasteiger partial charge in [0.15, 0.2) is 5.69 Å². The summed E-state index contributed by atoms with van der Waals surface area (Å²) in [6.07, 6.45) is 0.814. The number of ether oxygens (including phenoxy) is 2. The molecule has 1 fully saturated rings.